The molecule has 0 radical (unpaired) electrons. The summed E-state index contributed by atoms with van der Waals surface area (Å²) in [4.78, 5) is 14.0. The molecule has 0 aliphatic carbocycles. The number of halogens is 1. The fourth-order valence-electron chi connectivity index (χ4n) is 2.71. The zero-order valence-electron chi connectivity index (χ0n) is 14.0. The Morgan fingerprint density at radius 3 is 2.48 bits per heavy atom. The third kappa shape index (κ3) is 4.59. The molecule has 1 saturated heterocycles. The molecule has 128 valence electrons. The SMILES string of the molecule is CO[C@@H]1CC(C(O)c2ccc(Cl)cc2)N(C(=O)OC(C)(C)C)C1. The molecular weight excluding hydrogens is 318 g/mol. The maximum Gasteiger partial charge on any atom is 0.410 e. The van der Waals surface area contributed by atoms with Crippen LogP contribution in [0.1, 0.15) is 38.9 Å². The Morgan fingerprint density at radius 2 is 1.96 bits per heavy atom. The Kier molecular flexibility index (Phi) is 5.55. The molecule has 1 N–H and O–H groups in total. The summed E-state index contributed by atoms with van der Waals surface area (Å²) in [7, 11) is 1.61. The molecule has 23 heavy (non-hydrogen) atoms. The second kappa shape index (κ2) is 7.07. The highest BCUT2D eigenvalue weighted by Crippen LogP contribution is 2.32. The van der Waals surface area contributed by atoms with Gasteiger partial charge in [-0.3, -0.25) is 4.90 Å². The molecule has 1 aromatic rings. The summed E-state index contributed by atoms with van der Waals surface area (Å²) in [5.74, 6) is 0. The van der Waals surface area contributed by atoms with Crippen molar-refractivity contribution in [2.24, 2.45) is 0 Å². The van der Waals surface area contributed by atoms with Crippen molar-refractivity contribution < 1.29 is 19.4 Å². The van der Waals surface area contributed by atoms with Crippen LogP contribution in [0, 0.1) is 0 Å². The van der Waals surface area contributed by atoms with Gasteiger partial charge in [0.2, 0.25) is 0 Å². The first-order chi connectivity index (χ1) is 10.7. The second-order valence-corrected chi connectivity index (χ2v) is 7.23. The Balaban J connectivity index is 2.19. The molecule has 1 heterocycles. The van der Waals surface area contributed by atoms with Crippen molar-refractivity contribution in [1.82, 2.24) is 4.90 Å². The minimum atomic E-state index is -0.820. The number of rotatable bonds is 3. The van der Waals surface area contributed by atoms with Crippen molar-refractivity contribution in [3.05, 3.63) is 34.9 Å². The highest BCUT2D eigenvalue weighted by molar-refractivity contribution is 6.30. The van der Waals surface area contributed by atoms with E-state index in [0.717, 1.165) is 0 Å². The zero-order chi connectivity index (χ0) is 17.2. The van der Waals surface area contributed by atoms with E-state index < -0.39 is 23.8 Å². The van der Waals surface area contributed by atoms with Crippen LogP contribution >= 0.6 is 11.6 Å². The number of benzene rings is 1. The van der Waals surface area contributed by atoms with E-state index >= 15 is 0 Å². The molecule has 2 rings (SSSR count). The topological polar surface area (TPSA) is 59.0 Å². The predicted octanol–water partition coefficient (Wildman–Crippen LogP) is 3.40. The molecule has 2 unspecified atom stereocenters. The minimum Gasteiger partial charge on any atom is -0.444 e. The normalized spacial score (nSPS) is 23.0. The van der Waals surface area contributed by atoms with Crippen LogP contribution < -0.4 is 0 Å². The van der Waals surface area contributed by atoms with Gasteiger partial charge in [-0.05, 0) is 44.9 Å². The van der Waals surface area contributed by atoms with Crippen LogP contribution in [0.3, 0.4) is 0 Å². The molecule has 0 bridgehead atoms. The van der Waals surface area contributed by atoms with Crippen molar-refractivity contribution in [3.8, 4) is 0 Å². The number of likely N-dealkylation sites (tertiary alicyclic amines) is 1. The fourth-order valence-corrected chi connectivity index (χ4v) is 2.83. The monoisotopic (exact) mass is 341 g/mol. The van der Waals surface area contributed by atoms with E-state index in [-0.39, 0.29) is 6.10 Å². The summed E-state index contributed by atoms with van der Waals surface area (Å²) in [6.07, 6.45) is -0.816. The Hall–Kier alpha value is -1.30. The van der Waals surface area contributed by atoms with Crippen LogP contribution in [0.15, 0.2) is 24.3 Å². The van der Waals surface area contributed by atoms with Crippen LogP contribution in [0.4, 0.5) is 4.79 Å². The van der Waals surface area contributed by atoms with E-state index in [0.29, 0.717) is 23.6 Å². The number of carbonyl (C=O) groups is 1. The van der Waals surface area contributed by atoms with Gasteiger partial charge in [0.05, 0.1) is 24.8 Å². The maximum absolute atomic E-state index is 12.4. The number of methoxy groups -OCH3 is 1. The van der Waals surface area contributed by atoms with Gasteiger partial charge in [-0.25, -0.2) is 4.79 Å². The summed E-state index contributed by atoms with van der Waals surface area (Å²) < 4.78 is 10.8. The predicted molar refractivity (Wildman–Crippen MR) is 88.6 cm³/mol. The summed E-state index contributed by atoms with van der Waals surface area (Å²) in [6, 6.07) is 6.58. The van der Waals surface area contributed by atoms with E-state index in [2.05, 4.69) is 0 Å². The van der Waals surface area contributed by atoms with Crippen molar-refractivity contribution in [2.45, 2.75) is 51.0 Å². The quantitative estimate of drug-likeness (QED) is 0.915. The largest absolute Gasteiger partial charge is 0.444 e. The number of hydrogen-bond acceptors (Lipinski definition) is 4. The van der Waals surface area contributed by atoms with Crippen molar-refractivity contribution in [3.63, 3.8) is 0 Å². The number of ether oxygens (including phenoxy) is 2. The fraction of sp³-hybridized carbons (Fsp3) is 0.588. The third-order valence-corrected chi connectivity index (χ3v) is 4.09. The summed E-state index contributed by atoms with van der Waals surface area (Å²) in [5.41, 5.74) is 0.127. The van der Waals surface area contributed by atoms with Crippen LogP contribution in [-0.2, 0) is 9.47 Å². The molecule has 0 saturated carbocycles. The standard InChI is InChI=1S/C17H24ClNO4/c1-17(2,3)23-16(21)19-10-13(22-4)9-14(19)15(20)11-5-7-12(18)8-6-11/h5-8,13-15,20H,9-10H2,1-4H3/t13-,14?,15?/m1/s1. The Bertz CT molecular complexity index is 541. The first-order valence-electron chi connectivity index (χ1n) is 7.67. The van der Waals surface area contributed by atoms with E-state index in [1.807, 2.05) is 20.8 Å². The van der Waals surface area contributed by atoms with E-state index in [9.17, 15) is 9.90 Å². The van der Waals surface area contributed by atoms with Gasteiger partial charge < -0.3 is 14.6 Å². The first kappa shape index (κ1) is 18.0. The minimum absolute atomic E-state index is 0.116. The summed E-state index contributed by atoms with van der Waals surface area (Å²) in [5, 5.41) is 11.3. The molecule has 1 aliphatic heterocycles. The maximum atomic E-state index is 12.4. The van der Waals surface area contributed by atoms with E-state index in [1.165, 1.54) is 0 Å². The van der Waals surface area contributed by atoms with Crippen molar-refractivity contribution in [1.29, 1.82) is 0 Å². The molecule has 3 atom stereocenters. The van der Waals surface area contributed by atoms with Crippen LogP contribution in [0.2, 0.25) is 5.02 Å². The molecule has 1 aromatic carbocycles. The van der Waals surface area contributed by atoms with Crippen LogP contribution in [0.25, 0.3) is 0 Å². The van der Waals surface area contributed by atoms with Gasteiger partial charge >= 0.3 is 6.09 Å². The average Bonchev–Trinajstić information content (AvgIpc) is 2.90. The number of amides is 1. The highest BCUT2D eigenvalue weighted by Gasteiger charge is 2.41. The van der Waals surface area contributed by atoms with Gasteiger partial charge in [0.1, 0.15) is 5.60 Å². The van der Waals surface area contributed by atoms with Gasteiger partial charge in [0, 0.05) is 12.1 Å². The highest BCUT2D eigenvalue weighted by atomic mass is 35.5. The second-order valence-electron chi connectivity index (χ2n) is 6.79. The lowest BCUT2D eigenvalue weighted by atomic mass is 10.00. The zero-order valence-corrected chi connectivity index (χ0v) is 14.7. The molecule has 5 nitrogen and oxygen atoms in total. The molecule has 1 aliphatic rings. The lowest BCUT2D eigenvalue weighted by Crippen LogP contribution is -2.42. The lowest BCUT2D eigenvalue weighted by molar-refractivity contribution is 0.00410. The number of nitrogens with zero attached hydrogens (tertiary/aromatic N) is 1. The smallest absolute Gasteiger partial charge is 0.410 e. The van der Waals surface area contributed by atoms with Crippen LogP contribution in [-0.4, -0.2) is 47.5 Å². The molecule has 0 spiro atoms. The Labute approximate surface area is 142 Å². The average molecular weight is 342 g/mol. The number of aliphatic hydroxyl groups excluding tert-OH is 1. The molecule has 0 aromatic heterocycles. The third-order valence-electron chi connectivity index (χ3n) is 3.84. The van der Waals surface area contributed by atoms with Gasteiger partial charge in [-0.1, -0.05) is 23.7 Å². The molecule has 6 heteroatoms. The number of carbonyl (C=O) groups excluding carboxylic acids is 1. The van der Waals surface area contributed by atoms with Gasteiger partial charge in [0.15, 0.2) is 0 Å². The molecule has 1 fully saturated rings. The first-order valence-corrected chi connectivity index (χ1v) is 8.05. The van der Waals surface area contributed by atoms with E-state index in [4.69, 9.17) is 21.1 Å². The molecule has 1 amide bonds. The number of hydrogen-bond donors (Lipinski definition) is 1. The summed E-state index contributed by atoms with van der Waals surface area (Å²) >= 11 is 5.89. The van der Waals surface area contributed by atoms with Crippen LogP contribution in [0.5, 0.6) is 0 Å². The Morgan fingerprint density at radius 1 is 1.35 bits per heavy atom. The van der Waals surface area contributed by atoms with Gasteiger partial charge in [0.25, 0.3) is 0 Å². The summed E-state index contributed by atoms with van der Waals surface area (Å²) in [6.45, 7) is 5.86. The van der Waals surface area contributed by atoms with Gasteiger partial charge in [-0.2, -0.15) is 0 Å². The van der Waals surface area contributed by atoms with E-state index in [1.54, 1.807) is 36.3 Å². The molecular formula is C17H24ClNO4. The lowest BCUT2D eigenvalue weighted by Gasteiger charge is -2.31. The van der Waals surface area contributed by atoms with Crippen molar-refractivity contribution in [2.75, 3.05) is 13.7 Å². The van der Waals surface area contributed by atoms with Gasteiger partial charge in [-0.15, -0.1) is 0 Å². The van der Waals surface area contributed by atoms with Crippen molar-refractivity contribution >= 4 is 17.7 Å². The number of aliphatic hydroxyl groups is 1.